The summed E-state index contributed by atoms with van der Waals surface area (Å²) in [5.41, 5.74) is 1.10. The van der Waals surface area contributed by atoms with Crippen molar-refractivity contribution in [3.05, 3.63) is 72.0 Å². The average molecular weight is 406 g/mol. The van der Waals surface area contributed by atoms with Crippen molar-refractivity contribution in [3.63, 3.8) is 0 Å². The number of likely N-dealkylation sites (tertiary alicyclic amines) is 1. The first kappa shape index (κ1) is 18.1. The third kappa shape index (κ3) is 3.44. The summed E-state index contributed by atoms with van der Waals surface area (Å²) >= 11 is 1.36. The van der Waals surface area contributed by atoms with E-state index in [2.05, 4.69) is 4.98 Å². The maximum Gasteiger partial charge on any atom is 0.274 e. The largest absolute Gasteiger partial charge is 0.467 e. The number of halogens is 1. The Labute approximate surface area is 171 Å². The zero-order valence-corrected chi connectivity index (χ0v) is 16.5. The number of aromatic nitrogens is 1. The van der Waals surface area contributed by atoms with Crippen LogP contribution in [0.1, 0.15) is 23.2 Å². The normalized spacial score (nSPS) is 15.1. The molecule has 0 N–H and O–H groups in total. The molecular weight excluding hydrogens is 387 g/mol. The van der Waals surface area contributed by atoms with Crippen LogP contribution in [0.4, 0.5) is 4.39 Å². The topological polar surface area (TPSA) is 42.4 Å². The molecule has 5 rings (SSSR count). The van der Waals surface area contributed by atoms with Crippen LogP contribution >= 0.6 is 11.3 Å². The number of carbonyl (C=O) groups excluding carboxylic acids is 1. The van der Waals surface area contributed by atoms with Gasteiger partial charge in [-0.2, -0.15) is 4.98 Å². The number of piperidine rings is 1. The summed E-state index contributed by atoms with van der Waals surface area (Å²) in [6.45, 7) is 1.26. The van der Waals surface area contributed by atoms with Crippen LogP contribution in [0.5, 0.6) is 5.19 Å². The van der Waals surface area contributed by atoms with Crippen LogP contribution in [0, 0.1) is 5.82 Å². The van der Waals surface area contributed by atoms with Crippen molar-refractivity contribution in [1.82, 2.24) is 9.88 Å². The second-order valence-electron chi connectivity index (χ2n) is 7.20. The van der Waals surface area contributed by atoms with Gasteiger partial charge in [-0.25, -0.2) is 4.39 Å². The summed E-state index contributed by atoms with van der Waals surface area (Å²) in [5.74, 6) is -0.272. The highest BCUT2D eigenvalue weighted by molar-refractivity contribution is 7.20. The van der Waals surface area contributed by atoms with Crippen molar-refractivity contribution >= 4 is 38.2 Å². The highest BCUT2D eigenvalue weighted by atomic mass is 32.1. The molecule has 0 unspecified atom stereocenters. The summed E-state index contributed by atoms with van der Waals surface area (Å²) in [7, 11) is 0. The van der Waals surface area contributed by atoms with Crippen LogP contribution < -0.4 is 4.74 Å². The predicted octanol–water partition coefficient (Wildman–Crippen LogP) is 5.27. The Morgan fingerprint density at radius 1 is 1.03 bits per heavy atom. The first-order valence-corrected chi connectivity index (χ1v) is 10.5. The van der Waals surface area contributed by atoms with Gasteiger partial charge in [0, 0.05) is 31.5 Å². The van der Waals surface area contributed by atoms with E-state index in [0.717, 1.165) is 33.9 Å². The number of amides is 1. The molecular formula is C23H19FN2O2S. The lowest BCUT2D eigenvalue weighted by atomic mass is 10.0. The number of thiazole rings is 1. The Morgan fingerprint density at radius 2 is 1.79 bits per heavy atom. The van der Waals surface area contributed by atoms with Crippen LogP contribution in [-0.4, -0.2) is 35.0 Å². The minimum absolute atomic E-state index is 0.0183. The molecule has 1 amide bonds. The van der Waals surface area contributed by atoms with E-state index in [1.165, 1.54) is 17.4 Å². The lowest BCUT2D eigenvalue weighted by Crippen LogP contribution is -2.41. The van der Waals surface area contributed by atoms with Gasteiger partial charge in [0.25, 0.3) is 11.1 Å². The van der Waals surface area contributed by atoms with Gasteiger partial charge in [-0.05, 0) is 29.0 Å². The maximum atomic E-state index is 13.8. The molecule has 1 saturated heterocycles. The van der Waals surface area contributed by atoms with Crippen LogP contribution in [0.15, 0.2) is 60.7 Å². The summed E-state index contributed by atoms with van der Waals surface area (Å²) in [4.78, 5) is 19.2. The summed E-state index contributed by atoms with van der Waals surface area (Å²) < 4.78 is 20.6. The first-order chi connectivity index (χ1) is 14.2. The SMILES string of the molecule is O=C(c1cccc2ccccc12)N1CCC(Oc2nc3c(F)cccc3s2)CC1. The third-order valence-electron chi connectivity index (χ3n) is 5.37. The number of hydrogen-bond donors (Lipinski definition) is 0. The van der Waals surface area contributed by atoms with Gasteiger partial charge in [-0.15, -0.1) is 0 Å². The zero-order chi connectivity index (χ0) is 19.8. The number of fused-ring (bicyclic) bond motifs is 2. The molecule has 0 saturated carbocycles. The van der Waals surface area contributed by atoms with Crippen molar-refractivity contribution in [2.45, 2.75) is 18.9 Å². The molecule has 0 aliphatic carbocycles. The summed E-state index contributed by atoms with van der Waals surface area (Å²) in [6, 6.07) is 18.7. The number of ether oxygens (including phenoxy) is 1. The summed E-state index contributed by atoms with van der Waals surface area (Å²) in [6.07, 6.45) is 1.44. The van der Waals surface area contributed by atoms with Gasteiger partial charge in [0.05, 0.1) is 4.70 Å². The first-order valence-electron chi connectivity index (χ1n) is 9.68. The molecule has 0 spiro atoms. The smallest absolute Gasteiger partial charge is 0.274 e. The number of carbonyl (C=O) groups is 1. The molecule has 0 radical (unpaired) electrons. The highest BCUT2D eigenvalue weighted by Gasteiger charge is 2.26. The number of para-hydroxylation sites is 1. The molecule has 2 heterocycles. The van der Waals surface area contributed by atoms with Crippen LogP contribution in [0.2, 0.25) is 0 Å². The molecule has 4 aromatic rings. The standard InChI is InChI=1S/C23H19FN2O2S/c24-19-9-4-10-20-21(19)25-23(29-20)28-16-11-13-26(14-12-16)22(27)18-8-3-6-15-5-1-2-7-17(15)18/h1-10,16H,11-14H2. The van der Waals surface area contributed by atoms with E-state index in [-0.39, 0.29) is 17.8 Å². The molecule has 1 aliphatic rings. The number of rotatable bonds is 3. The number of benzene rings is 3. The second kappa shape index (κ2) is 7.44. The van der Waals surface area contributed by atoms with Crippen LogP contribution in [0.25, 0.3) is 21.0 Å². The molecule has 1 aromatic heterocycles. The fourth-order valence-electron chi connectivity index (χ4n) is 3.85. The van der Waals surface area contributed by atoms with Gasteiger partial charge >= 0.3 is 0 Å². The second-order valence-corrected chi connectivity index (χ2v) is 8.20. The van der Waals surface area contributed by atoms with Crippen molar-refractivity contribution in [3.8, 4) is 5.19 Å². The van der Waals surface area contributed by atoms with E-state index in [1.54, 1.807) is 6.07 Å². The van der Waals surface area contributed by atoms with Crippen LogP contribution in [-0.2, 0) is 0 Å². The van der Waals surface area contributed by atoms with Crippen molar-refractivity contribution in [2.24, 2.45) is 0 Å². The van der Waals surface area contributed by atoms with Crippen molar-refractivity contribution in [2.75, 3.05) is 13.1 Å². The lowest BCUT2D eigenvalue weighted by molar-refractivity contribution is 0.0597. The highest BCUT2D eigenvalue weighted by Crippen LogP contribution is 2.31. The quantitative estimate of drug-likeness (QED) is 0.465. The molecule has 0 atom stereocenters. The van der Waals surface area contributed by atoms with Crippen molar-refractivity contribution < 1.29 is 13.9 Å². The Hall–Kier alpha value is -2.99. The van der Waals surface area contributed by atoms with E-state index in [1.807, 2.05) is 53.4 Å². The Morgan fingerprint density at radius 3 is 2.62 bits per heavy atom. The van der Waals surface area contributed by atoms with Gasteiger partial charge in [0.1, 0.15) is 17.4 Å². The Bertz CT molecular complexity index is 1190. The molecule has 6 heteroatoms. The monoisotopic (exact) mass is 406 g/mol. The van der Waals surface area contributed by atoms with Gasteiger partial charge in [-0.1, -0.05) is 53.8 Å². The predicted molar refractivity (Wildman–Crippen MR) is 113 cm³/mol. The molecule has 1 fully saturated rings. The number of hydrogen-bond acceptors (Lipinski definition) is 4. The van der Waals surface area contributed by atoms with Gasteiger partial charge < -0.3 is 9.64 Å². The van der Waals surface area contributed by atoms with E-state index in [0.29, 0.717) is 23.8 Å². The minimum atomic E-state index is -0.330. The lowest BCUT2D eigenvalue weighted by Gasteiger charge is -2.32. The van der Waals surface area contributed by atoms with Gasteiger partial charge in [-0.3, -0.25) is 4.79 Å². The van der Waals surface area contributed by atoms with E-state index < -0.39 is 0 Å². The zero-order valence-electron chi connectivity index (χ0n) is 15.7. The molecule has 3 aromatic carbocycles. The minimum Gasteiger partial charge on any atom is -0.467 e. The average Bonchev–Trinajstić information content (AvgIpc) is 3.17. The Balaban J connectivity index is 1.27. The fraction of sp³-hybridized carbons (Fsp3) is 0.217. The molecule has 29 heavy (non-hydrogen) atoms. The maximum absolute atomic E-state index is 13.8. The van der Waals surface area contributed by atoms with E-state index in [4.69, 9.17) is 4.74 Å². The molecule has 146 valence electrons. The molecule has 4 nitrogen and oxygen atoms in total. The summed E-state index contributed by atoms with van der Waals surface area (Å²) in [5, 5.41) is 2.54. The van der Waals surface area contributed by atoms with E-state index in [9.17, 15) is 9.18 Å². The number of nitrogens with zero attached hydrogens (tertiary/aromatic N) is 2. The van der Waals surface area contributed by atoms with Gasteiger partial charge in [0.15, 0.2) is 0 Å². The molecule has 1 aliphatic heterocycles. The Kier molecular flexibility index (Phi) is 4.64. The van der Waals surface area contributed by atoms with Crippen LogP contribution in [0.3, 0.4) is 0 Å². The molecule has 0 bridgehead atoms. The van der Waals surface area contributed by atoms with Crippen molar-refractivity contribution in [1.29, 1.82) is 0 Å². The van der Waals surface area contributed by atoms with Gasteiger partial charge in [0.2, 0.25) is 0 Å². The third-order valence-corrected chi connectivity index (χ3v) is 6.28. The fourth-order valence-corrected chi connectivity index (χ4v) is 4.74. The van der Waals surface area contributed by atoms with E-state index >= 15 is 0 Å².